The first-order valence-corrected chi connectivity index (χ1v) is 11.5. The van der Waals surface area contributed by atoms with Crippen LogP contribution in [0.25, 0.3) is 11.5 Å². The van der Waals surface area contributed by atoms with E-state index in [2.05, 4.69) is 10.4 Å². The molecule has 0 saturated carbocycles. The van der Waals surface area contributed by atoms with Crippen molar-refractivity contribution in [3.05, 3.63) is 60.0 Å². The SMILES string of the molecule is COc1ccc(CCNC(=O)c2cc(-c3ccco3)n(C3CCS(=O)(=O)C3)n2)cc1. The molecule has 2 aromatic heterocycles. The van der Waals surface area contributed by atoms with Crippen LogP contribution in [0, 0.1) is 0 Å². The molecule has 0 spiro atoms. The molecule has 8 nitrogen and oxygen atoms in total. The molecule has 1 fully saturated rings. The molecule has 3 heterocycles. The minimum absolute atomic E-state index is 0.0148. The van der Waals surface area contributed by atoms with Crippen molar-refractivity contribution >= 4 is 15.7 Å². The zero-order valence-corrected chi connectivity index (χ0v) is 17.4. The molecule has 1 saturated heterocycles. The smallest absolute Gasteiger partial charge is 0.271 e. The summed E-state index contributed by atoms with van der Waals surface area (Å²) in [5, 5.41) is 7.30. The maximum atomic E-state index is 12.7. The number of sulfone groups is 1. The number of nitrogens with one attached hydrogen (secondary N) is 1. The Morgan fingerprint density at radius 3 is 2.73 bits per heavy atom. The van der Waals surface area contributed by atoms with Crippen LogP contribution in [-0.2, 0) is 16.3 Å². The number of nitrogens with zero attached hydrogens (tertiary/aromatic N) is 2. The van der Waals surface area contributed by atoms with Gasteiger partial charge in [0.15, 0.2) is 21.3 Å². The first kappa shape index (κ1) is 20.2. The molecule has 1 aliphatic heterocycles. The Bertz CT molecular complexity index is 1120. The third-order valence-corrected chi connectivity index (χ3v) is 6.90. The number of carbonyl (C=O) groups excluding carboxylic acids is 1. The van der Waals surface area contributed by atoms with Crippen LogP contribution < -0.4 is 10.1 Å². The monoisotopic (exact) mass is 429 g/mol. The maximum absolute atomic E-state index is 12.7. The lowest BCUT2D eigenvalue weighted by atomic mass is 10.1. The normalized spacial score (nSPS) is 17.7. The highest BCUT2D eigenvalue weighted by Gasteiger charge is 2.32. The molecular formula is C21H23N3O5S. The molecule has 1 aliphatic rings. The van der Waals surface area contributed by atoms with Crippen molar-refractivity contribution in [1.82, 2.24) is 15.1 Å². The van der Waals surface area contributed by atoms with Crippen LogP contribution in [0.2, 0.25) is 0 Å². The minimum atomic E-state index is -3.09. The van der Waals surface area contributed by atoms with E-state index in [1.165, 1.54) is 6.26 Å². The fourth-order valence-electron chi connectivity index (χ4n) is 3.56. The highest BCUT2D eigenvalue weighted by Crippen LogP contribution is 2.30. The second-order valence-electron chi connectivity index (χ2n) is 7.25. The summed E-state index contributed by atoms with van der Waals surface area (Å²) in [5.41, 5.74) is 1.91. The Balaban J connectivity index is 1.47. The van der Waals surface area contributed by atoms with Crippen LogP contribution in [0.3, 0.4) is 0 Å². The number of hydrogen-bond donors (Lipinski definition) is 1. The summed E-state index contributed by atoms with van der Waals surface area (Å²) in [6.45, 7) is 0.450. The van der Waals surface area contributed by atoms with E-state index in [0.29, 0.717) is 30.8 Å². The molecule has 0 bridgehead atoms. The third kappa shape index (κ3) is 4.40. The first-order valence-electron chi connectivity index (χ1n) is 9.70. The van der Waals surface area contributed by atoms with Crippen molar-refractivity contribution in [2.75, 3.05) is 25.2 Å². The number of carbonyl (C=O) groups is 1. The van der Waals surface area contributed by atoms with Gasteiger partial charge in [-0.05, 0) is 42.7 Å². The average molecular weight is 429 g/mol. The fourth-order valence-corrected chi connectivity index (χ4v) is 5.26. The molecule has 0 radical (unpaired) electrons. The Hall–Kier alpha value is -3.07. The van der Waals surface area contributed by atoms with E-state index >= 15 is 0 Å². The molecule has 1 aromatic carbocycles. The van der Waals surface area contributed by atoms with Gasteiger partial charge in [-0.3, -0.25) is 9.48 Å². The second-order valence-corrected chi connectivity index (χ2v) is 9.48. The van der Waals surface area contributed by atoms with E-state index < -0.39 is 9.84 Å². The number of aromatic nitrogens is 2. The maximum Gasteiger partial charge on any atom is 0.271 e. The predicted octanol–water partition coefficient (Wildman–Crippen LogP) is 2.48. The molecular weight excluding hydrogens is 406 g/mol. The molecule has 30 heavy (non-hydrogen) atoms. The highest BCUT2D eigenvalue weighted by molar-refractivity contribution is 7.91. The predicted molar refractivity (Wildman–Crippen MR) is 111 cm³/mol. The second kappa shape index (κ2) is 8.35. The van der Waals surface area contributed by atoms with Gasteiger partial charge in [0.25, 0.3) is 5.91 Å². The van der Waals surface area contributed by atoms with Crippen LogP contribution in [-0.4, -0.2) is 49.3 Å². The molecule has 0 aliphatic carbocycles. The molecule has 1 unspecified atom stereocenters. The fraction of sp³-hybridized carbons (Fsp3) is 0.333. The Labute approximate surface area is 174 Å². The van der Waals surface area contributed by atoms with E-state index in [4.69, 9.17) is 9.15 Å². The number of rotatable bonds is 7. The van der Waals surface area contributed by atoms with Gasteiger partial charge in [-0.25, -0.2) is 8.42 Å². The van der Waals surface area contributed by atoms with Gasteiger partial charge in [0, 0.05) is 12.6 Å². The highest BCUT2D eigenvalue weighted by atomic mass is 32.2. The summed E-state index contributed by atoms with van der Waals surface area (Å²) in [7, 11) is -1.47. The van der Waals surface area contributed by atoms with Crippen molar-refractivity contribution < 1.29 is 22.4 Å². The lowest BCUT2D eigenvalue weighted by molar-refractivity contribution is 0.0948. The minimum Gasteiger partial charge on any atom is -0.497 e. The van der Waals surface area contributed by atoms with Gasteiger partial charge >= 0.3 is 0 Å². The number of furan rings is 1. The zero-order chi connectivity index (χ0) is 21.1. The largest absolute Gasteiger partial charge is 0.497 e. The van der Waals surface area contributed by atoms with E-state index in [0.717, 1.165) is 11.3 Å². The van der Waals surface area contributed by atoms with Gasteiger partial charge in [0.1, 0.15) is 11.4 Å². The van der Waals surface area contributed by atoms with Crippen molar-refractivity contribution in [1.29, 1.82) is 0 Å². The summed E-state index contributed by atoms with van der Waals surface area (Å²) in [4.78, 5) is 12.7. The van der Waals surface area contributed by atoms with Gasteiger partial charge in [-0.1, -0.05) is 12.1 Å². The van der Waals surface area contributed by atoms with Crippen LogP contribution >= 0.6 is 0 Å². The van der Waals surface area contributed by atoms with E-state index in [9.17, 15) is 13.2 Å². The van der Waals surface area contributed by atoms with Crippen LogP contribution in [0.1, 0.15) is 28.5 Å². The van der Waals surface area contributed by atoms with Crippen LogP contribution in [0.4, 0.5) is 0 Å². The summed E-state index contributed by atoms with van der Waals surface area (Å²) >= 11 is 0. The summed E-state index contributed by atoms with van der Waals surface area (Å²) in [6, 6.07) is 12.5. The number of hydrogen-bond acceptors (Lipinski definition) is 6. The molecule has 1 atom stereocenters. The van der Waals surface area contributed by atoms with E-state index in [1.54, 1.807) is 30.0 Å². The van der Waals surface area contributed by atoms with Crippen molar-refractivity contribution in [3.63, 3.8) is 0 Å². The van der Waals surface area contributed by atoms with Gasteiger partial charge in [-0.15, -0.1) is 0 Å². The van der Waals surface area contributed by atoms with Crippen LogP contribution in [0.5, 0.6) is 5.75 Å². The van der Waals surface area contributed by atoms with Gasteiger partial charge in [0.05, 0.1) is 30.9 Å². The Morgan fingerprint density at radius 2 is 2.10 bits per heavy atom. The Kier molecular flexibility index (Phi) is 5.63. The lowest BCUT2D eigenvalue weighted by Gasteiger charge is -2.11. The van der Waals surface area contributed by atoms with Gasteiger partial charge < -0.3 is 14.5 Å². The molecule has 9 heteroatoms. The first-order chi connectivity index (χ1) is 14.4. The molecule has 1 N–H and O–H groups in total. The molecule has 1 amide bonds. The van der Waals surface area contributed by atoms with Crippen LogP contribution in [0.15, 0.2) is 53.1 Å². The number of amides is 1. The Morgan fingerprint density at radius 1 is 1.30 bits per heavy atom. The topological polar surface area (TPSA) is 103 Å². The lowest BCUT2D eigenvalue weighted by Crippen LogP contribution is -2.26. The number of benzene rings is 1. The zero-order valence-electron chi connectivity index (χ0n) is 16.6. The van der Waals surface area contributed by atoms with Gasteiger partial charge in [0.2, 0.25) is 0 Å². The quantitative estimate of drug-likeness (QED) is 0.619. The summed E-state index contributed by atoms with van der Waals surface area (Å²) in [6.07, 6.45) is 2.67. The number of ether oxygens (including phenoxy) is 1. The van der Waals surface area contributed by atoms with Crippen molar-refractivity contribution in [2.24, 2.45) is 0 Å². The van der Waals surface area contributed by atoms with E-state index in [1.807, 2.05) is 24.3 Å². The summed E-state index contributed by atoms with van der Waals surface area (Å²) in [5.74, 6) is 1.16. The molecule has 4 rings (SSSR count). The average Bonchev–Trinajstić information content (AvgIpc) is 3.47. The molecule has 3 aromatic rings. The van der Waals surface area contributed by atoms with Gasteiger partial charge in [-0.2, -0.15) is 5.10 Å². The standard InChI is InChI=1S/C21H23N3O5S/c1-28-17-6-4-15(5-7-17)8-10-22-21(25)18-13-19(20-3-2-11-29-20)24(23-18)16-9-12-30(26,27)14-16/h2-7,11,13,16H,8-10,12,14H2,1H3,(H,22,25). The van der Waals surface area contributed by atoms with E-state index in [-0.39, 0.29) is 29.1 Å². The number of methoxy groups -OCH3 is 1. The molecule has 158 valence electrons. The summed E-state index contributed by atoms with van der Waals surface area (Å²) < 4.78 is 36.1. The van der Waals surface area contributed by atoms with Crippen molar-refractivity contribution in [2.45, 2.75) is 18.9 Å². The third-order valence-electron chi connectivity index (χ3n) is 5.15. The van der Waals surface area contributed by atoms with Crippen molar-refractivity contribution in [3.8, 4) is 17.2 Å².